The number of aliphatic hydroxyl groups excluding tert-OH is 1. The van der Waals surface area contributed by atoms with Crippen molar-refractivity contribution in [3.63, 3.8) is 0 Å². The molecule has 12 heavy (non-hydrogen) atoms. The lowest BCUT2D eigenvalue weighted by atomic mass is 9.96. The first-order chi connectivity index (χ1) is 5.69. The molecular formula is C10H16OS. The maximum Gasteiger partial charge on any atom is 0.0793 e. The van der Waals surface area contributed by atoms with Gasteiger partial charge in [0.25, 0.3) is 0 Å². The summed E-state index contributed by atoms with van der Waals surface area (Å²) in [6.45, 7) is 3.96. The second kappa shape index (κ2) is 4.20. The number of hydrogen-bond donors (Lipinski definition) is 1. The van der Waals surface area contributed by atoms with Gasteiger partial charge in [0.2, 0.25) is 0 Å². The Hall–Kier alpha value is -0.130. The van der Waals surface area contributed by atoms with E-state index in [1.165, 1.54) is 12.2 Å². The fraction of sp³-hybridized carbons (Fsp3) is 0.800. The van der Waals surface area contributed by atoms with Gasteiger partial charge in [-0.05, 0) is 32.4 Å². The third-order valence-corrected chi connectivity index (χ3v) is 4.05. The van der Waals surface area contributed by atoms with Gasteiger partial charge >= 0.3 is 0 Å². The van der Waals surface area contributed by atoms with E-state index >= 15 is 0 Å². The van der Waals surface area contributed by atoms with E-state index in [9.17, 15) is 5.11 Å². The summed E-state index contributed by atoms with van der Waals surface area (Å²) in [7, 11) is 0. The molecule has 1 nitrogen and oxygen atoms in total. The molecule has 2 atom stereocenters. The van der Waals surface area contributed by atoms with E-state index in [1.807, 2.05) is 18.7 Å². The second-order valence-corrected chi connectivity index (χ2v) is 5.04. The highest BCUT2D eigenvalue weighted by atomic mass is 32.2. The Bertz CT molecular complexity index is 196. The largest absolute Gasteiger partial charge is 0.391 e. The molecule has 1 rings (SSSR count). The van der Waals surface area contributed by atoms with Crippen molar-refractivity contribution in [2.24, 2.45) is 0 Å². The fourth-order valence-corrected chi connectivity index (χ4v) is 2.80. The van der Waals surface area contributed by atoms with Gasteiger partial charge in [0.05, 0.1) is 6.10 Å². The molecule has 1 saturated heterocycles. The van der Waals surface area contributed by atoms with Crippen LogP contribution in [0, 0.1) is 11.8 Å². The van der Waals surface area contributed by atoms with Crippen LogP contribution in [-0.2, 0) is 0 Å². The molecule has 1 aliphatic rings. The maximum atomic E-state index is 9.82. The van der Waals surface area contributed by atoms with Crippen LogP contribution in [0.15, 0.2) is 0 Å². The lowest BCUT2D eigenvalue weighted by Gasteiger charge is -2.27. The molecule has 1 N–H and O–H groups in total. The lowest BCUT2D eigenvalue weighted by molar-refractivity contribution is 0.138. The summed E-state index contributed by atoms with van der Waals surface area (Å²) < 4.78 is 0.0733. The smallest absolute Gasteiger partial charge is 0.0793 e. The zero-order valence-corrected chi connectivity index (χ0v) is 8.58. The zero-order valence-electron chi connectivity index (χ0n) is 7.76. The molecular weight excluding hydrogens is 168 g/mol. The normalized spacial score (nSPS) is 30.9. The Balaban J connectivity index is 2.47. The molecule has 0 aromatic heterocycles. The molecule has 0 aromatic rings. The Morgan fingerprint density at radius 1 is 1.67 bits per heavy atom. The van der Waals surface area contributed by atoms with Gasteiger partial charge in [-0.3, -0.25) is 0 Å². The predicted molar refractivity (Wildman–Crippen MR) is 54.2 cm³/mol. The van der Waals surface area contributed by atoms with E-state index in [4.69, 9.17) is 0 Å². The Labute approximate surface area is 78.9 Å². The number of rotatable bonds is 2. The molecule has 0 amide bonds. The molecule has 1 fully saturated rings. The first-order valence-corrected chi connectivity index (χ1v) is 5.39. The van der Waals surface area contributed by atoms with Gasteiger partial charge in [0, 0.05) is 11.2 Å². The van der Waals surface area contributed by atoms with E-state index < -0.39 is 0 Å². The molecule has 0 radical (unpaired) electrons. The predicted octanol–water partition coefficient (Wildman–Crippen LogP) is 2.05. The van der Waals surface area contributed by atoms with Crippen LogP contribution in [0.4, 0.5) is 0 Å². The number of hydrogen-bond acceptors (Lipinski definition) is 2. The van der Waals surface area contributed by atoms with Gasteiger partial charge in [0.15, 0.2) is 0 Å². The summed E-state index contributed by atoms with van der Waals surface area (Å²) in [5.41, 5.74) is 0. The monoisotopic (exact) mass is 184 g/mol. The Morgan fingerprint density at radius 3 is 2.92 bits per heavy atom. The van der Waals surface area contributed by atoms with Crippen LogP contribution < -0.4 is 0 Å². The SMILES string of the molecule is CC#CCC(O)C1(C)CCCS1. The molecule has 0 aliphatic carbocycles. The minimum atomic E-state index is -0.252. The van der Waals surface area contributed by atoms with E-state index in [-0.39, 0.29) is 10.9 Å². The topological polar surface area (TPSA) is 20.2 Å². The minimum absolute atomic E-state index is 0.0733. The van der Waals surface area contributed by atoms with Crippen LogP contribution in [0.25, 0.3) is 0 Å². The van der Waals surface area contributed by atoms with Gasteiger partial charge < -0.3 is 5.11 Å². The first-order valence-electron chi connectivity index (χ1n) is 4.41. The lowest BCUT2D eigenvalue weighted by Crippen LogP contribution is -2.33. The second-order valence-electron chi connectivity index (χ2n) is 3.41. The maximum absolute atomic E-state index is 9.82. The number of aliphatic hydroxyl groups is 1. The first kappa shape index (κ1) is 9.95. The van der Waals surface area contributed by atoms with Crippen molar-refractivity contribution in [2.45, 2.75) is 44.0 Å². The molecule has 2 heteroatoms. The standard InChI is InChI=1S/C10H16OS/c1-3-4-6-9(11)10(2)7-5-8-12-10/h9,11H,5-8H2,1-2H3. The van der Waals surface area contributed by atoms with Crippen molar-refractivity contribution in [3.8, 4) is 11.8 Å². The van der Waals surface area contributed by atoms with E-state index in [0.717, 1.165) is 6.42 Å². The molecule has 2 unspecified atom stereocenters. The summed E-state index contributed by atoms with van der Waals surface area (Å²) in [5.74, 6) is 6.94. The van der Waals surface area contributed by atoms with Crippen LogP contribution >= 0.6 is 11.8 Å². The third kappa shape index (κ3) is 2.18. The summed E-state index contributed by atoms with van der Waals surface area (Å²) in [4.78, 5) is 0. The summed E-state index contributed by atoms with van der Waals surface area (Å²) >= 11 is 1.89. The van der Waals surface area contributed by atoms with E-state index in [0.29, 0.717) is 6.42 Å². The molecule has 0 aromatic carbocycles. The third-order valence-electron chi connectivity index (χ3n) is 2.43. The van der Waals surface area contributed by atoms with Crippen LogP contribution in [0.1, 0.15) is 33.1 Å². The van der Waals surface area contributed by atoms with Crippen LogP contribution in [0.3, 0.4) is 0 Å². The van der Waals surface area contributed by atoms with Crippen molar-refractivity contribution in [1.29, 1.82) is 0 Å². The van der Waals surface area contributed by atoms with Gasteiger partial charge in [-0.25, -0.2) is 0 Å². The van der Waals surface area contributed by atoms with Gasteiger partial charge in [-0.1, -0.05) is 0 Å². The van der Waals surface area contributed by atoms with Crippen molar-refractivity contribution in [2.75, 3.05) is 5.75 Å². The molecule has 1 heterocycles. The zero-order chi connectivity index (χ0) is 9.03. The molecule has 68 valence electrons. The van der Waals surface area contributed by atoms with Crippen molar-refractivity contribution >= 4 is 11.8 Å². The summed E-state index contributed by atoms with van der Waals surface area (Å²) in [6, 6.07) is 0. The molecule has 0 bridgehead atoms. The average Bonchev–Trinajstić information content (AvgIpc) is 2.49. The summed E-state index contributed by atoms with van der Waals surface area (Å²) in [5, 5.41) is 9.82. The molecule has 0 saturated carbocycles. The van der Waals surface area contributed by atoms with Crippen molar-refractivity contribution < 1.29 is 5.11 Å². The van der Waals surface area contributed by atoms with E-state index in [1.54, 1.807) is 0 Å². The van der Waals surface area contributed by atoms with Crippen molar-refractivity contribution in [1.82, 2.24) is 0 Å². The van der Waals surface area contributed by atoms with E-state index in [2.05, 4.69) is 18.8 Å². The van der Waals surface area contributed by atoms with Crippen molar-refractivity contribution in [3.05, 3.63) is 0 Å². The van der Waals surface area contributed by atoms with Gasteiger partial charge in [-0.2, -0.15) is 11.8 Å². The van der Waals surface area contributed by atoms with Crippen LogP contribution in [-0.4, -0.2) is 21.7 Å². The van der Waals surface area contributed by atoms with Gasteiger partial charge in [-0.15, -0.1) is 11.8 Å². The quantitative estimate of drug-likeness (QED) is 0.663. The Morgan fingerprint density at radius 2 is 2.42 bits per heavy atom. The highest BCUT2D eigenvalue weighted by molar-refractivity contribution is 8.00. The minimum Gasteiger partial charge on any atom is -0.391 e. The molecule has 0 spiro atoms. The van der Waals surface area contributed by atoms with Crippen LogP contribution in [0.5, 0.6) is 0 Å². The Kier molecular flexibility index (Phi) is 3.49. The van der Waals surface area contributed by atoms with Crippen LogP contribution in [0.2, 0.25) is 0 Å². The van der Waals surface area contributed by atoms with Gasteiger partial charge in [0.1, 0.15) is 0 Å². The molecule has 1 aliphatic heterocycles. The fourth-order valence-electron chi connectivity index (χ4n) is 1.48. The highest BCUT2D eigenvalue weighted by Gasteiger charge is 2.36. The number of thioether (sulfide) groups is 1. The summed E-state index contributed by atoms with van der Waals surface area (Å²) in [6.07, 6.45) is 2.74. The highest BCUT2D eigenvalue weighted by Crippen LogP contribution is 2.41. The average molecular weight is 184 g/mol.